The summed E-state index contributed by atoms with van der Waals surface area (Å²) < 4.78 is 0. The van der Waals surface area contributed by atoms with Gasteiger partial charge >= 0.3 is 0 Å². The largest absolute Gasteiger partial charge is 0.335 e. The maximum atomic E-state index is 12.1. The highest BCUT2D eigenvalue weighted by molar-refractivity contribution is 5.77. The molecule has 0 radical (unpaired) electrons. The number of rotatable bonds is 1. The van der Waals surface area contributed by atoms with Gasteiger partial charge in [-0.25, -0.2) is 0 Å². The van der Waals surface area contributed by atoms with Crippen LogP contribution in [0.1, 0.15) is 41.0 Å². The van der Waals surface area contributed by atoms with Crippen molar-refractivity contribution in [2.24, 2.45) is 5.41 Å². The maximum absolute atomic E-state index is 12.1. The lowest BCUT2D eigenvalue weighted by Gasteiger charge is -2.40. The van der Waals surface area contributed by atoms with Gasteiger partial charge in [0.15, 0.2) is 0 Å². The summed E-state index contributed by atoms with van der Waals surface area (Å²) in [5, 5.41) is 3.34. The average molecular weight is 212 g/mol. The molecule has 0 aromatic carbocycles. The van der Waals surface area contributed by atoms with Crippen molar-refractivity contribution < 1.29 is 4.79 Å². The topological polar surface area (TPSA) is 32.3 Å². The summed E-state index contributed by atoms with van der Waals surface area (Å²) >= 11 is 0. The number of carbonyl (C=O) groups is 1. The lowest BCUT2D eigenvalue weighted by Crippen LogP contribution is -2.57. The van der Waals surface area contributed by atoms with Crippen LogP contribution in [0, 0.1) is 5.41 Å². The van der Waals surface area contributed by atoms with E-state index in [1.54, 1.807) is 0 Å². The third-order valence-electron chi connectivity index (χ3n) is 2.80. The maximum Gasteiger partial charge on any atom is 0.223 e. The molecule has 0 aromatic rings. The fourth-order valence-corrected chi connectivity index (χ4v) is 2.17. The van der Waals surface area contributed by atoms with E-state index >= 15 is 0 Å². The van der Waals surface area contributed by atoms with Crippen molar-refractivity contribution in [3.63, 3.8) is 0 Å². The molecule has 1 aliphatic rings. The Balaban J connectivity index is 2.64. The van der Waals surface area contributed by atoms with E-state index in [4.69, 9.17) is 0 Å². The summed E-state index contributed by atoms with van der Waals surface area (Å²) in [5.74, 6) is 0.295. The standard InChI is InChI=1S/C12H24N2O/c1-9-7-13-8-10(2)14(9)11(15)6-12(3,4)5/h9-10,13H,6-8H2,1-5H3. The second-order valence-corrected chi connectivity index (χ2v) is 5.89. The minimum Gasteiger partial charge on any atom is -0.335 e. The summed E-state index contributed by atoms with van der Waals surface area (Å²) in [4.78, 5) is 14.2. The molecular weight excluding hydrogens is 188 g/mol. The molecule has 1 amide bonds. The van der Waals surface area contributed by atoms with Crippen LogP contribution in [-0.4, -0.2) is 36.0 Å². The highest BCUT2D eigenvalue weighted by Gasteiger charge is 2.30. The zero-order valence-corrected chi connectivity index (χ0v) is 10.6. The molecule has 2 unspecified atom stereocenters. The first-order valence-corrected chi connectivity index (χ1v) is 5.83. The van der Waals surface area contributed by atoms with E-state index in [9.17, 15) is 4.79 Å². The fourth-order valence-electron chi connectivity index (χ4n) is 2.17. The zero-order chi connectivity index (χ0) is 11.6. The van der Waals surface area contributed by atoms with Crippen molar-refractivity contribution in [2.75, 3.05) is 13.1 Å². The fraction of sp³-hybridized carbons (Fsp3) is 0.917. The molecule has 3 heteroatoms. The van der Waals surface area contributed by atoms with Crippen LogP contribution in [0.3, 0.4) is 0 Å². The van der Waals surface area contributed by atoms with Gasteiger partial charge in [-0.15, -0.1) is 0 Å². The SMILES string of the molecule is CC1CNCC(C)N1C(=O)CC(C)(C)C. The Morgan fingerprint density at radius 3 is 2.13 bits per heavy atom. The van der Waals surface area contributed by atoms with E-state index < -0.39 is 0 Å². The molecule has 1 rings (SSSR count). The molecule has 0 aliphatic carbocycles. The van der Waals surface area contributed by atoms with Gasteiger partial charge < -0.3 is 10.2 Å². The van der Waals surface area contributed by atoms with Gasteiger partial charge in [-0.1, -0.05) is 20.8 Å². The molecule has 0 saturated carbocycles. The van der Waals surface area contributed by atoms with E-state index in [0.717, 1.165) is 13.1 Å². The Hall–Kier alpha value is -0.570. The monoisotopic (exact) mass is 212 g/mol. The van der Waals surface area contributed by atoms with Gasteiger partial charge in [0.2, 0.25) is 5.91 Å². The summed E-state index contributed by atoms with van der Waals surface area (Å²) in [7, 11) is 0. The highest BCUT2D eigenvalue weighted by Crippen LogP contribution is 2.22. The van der Waals surface area contributed by atoms with Crippen molar-refractivity contribution in [3.05, 3.63) is 0 Å². The van der Waals surface area contributed by atoms with Crippen LogP contribution < -0.4 is 5.32 Å². The molecule has 1 aliphatic heterocycles. The number of amides is 1. The van der Waals surface area contributed by atoms with Crippen LogP contribution in [-0.2, 0) is 4.79 Å². The van der Waals surface area contributed by atoms with Crippen LogP contribution in [0.15, 0.2) is 0 Å². The Labute approximate surface area is 93.2 Å². The first-order chi connectivity index (χ1) is 6.81. The van der Waals surface area contributed by atoms with Crippen LogP contribution in [0.5, 0.6) is 0 Å². The third-order valence-corrected chi connectivity index (χ3v) is 2.80. The smallest absolute Gasteiger partial charge is 0.223 e. The van der Waals surface area contributed by atoms with Gasteiger partial charge in [-0.3, -0.25) is 4.79 Å². The second kappa shape index (κ2) is 4.52. The van der Waals surface area contributed by atoms with Crippen LogP contribution in [0.2, 0.25) is 0 Å². The van der Waals surface area contributed by atoms with Crippen molar-refractivity contribution >= 4 is 5.91 Å². The van der Waals surface area contributed by atoms with E-state index in [1.165, 1.54) is 0 Å². The summed E-state index contributed by atoms with van der Waals surface area (Å²) in [6, 6.07) is 0.646. The van der Waals surface area contributed by atoms with Gasteiger partial charge in [-0.2, -0.15) is 0 Å². The third kappa shape index (κ3) is 3.49. The first-order valence-electron chi connectivity index (χ1n) is 5.83. The Morgan fingerprint density at radius 1 is 1.27 bits per heavy atom. The Bertz CT molecular complexity index is 222. The van der Waals surface area contributed by atoms with Crippen molar-refractivity contribution in [2.45, 2.75) is 53.1 Å². The molecule has 1 heterocycles. The predicted molar refractivity (Wildman–Crippen MR) is 62.7 cm³/mol. The number of hydrogen-bond acceptors (Lipinski definition) is 2. The van der Waals surface area contributed by atoms with Crippen LogP contribution in [0.25, 0.3) is 0 Å². The lowest BCUT2D eigenvalue weighted by atomic mass is 9.91. The predicted octanol–water partition coefficient (Wildman–Crippen LogP) is 1.63. The van der Waals surface area contributed by atoms with Crippen molar-refractivity contribution in [3.8, 4) is 0 Å². The van der Waals surface area contributed by atoms with Gasteiger partial charge in [0.25, 0.3) is 0 Å². The minimum absolute atomic E-state index is 0.0847. The van der Waals surface area contributed by atoms with Crippen molar-refractivity contribution in [1.82, 2.24) is 10.2 Å². The molecule has 0 spiro atoms. The molecule has 88 valence electrons. The summed E-state index contributed by atoms with van der Waals surface area (Å²) in [5.41, 5.74) is 0.0847. The normalized spacial score (nSPS) is 27.9. The Morgan fingerprint density at radius 2 is 1.73 bits per heavy atom. The van der Waals surface area contributed by atoms with Gasteiger partial charge in [0, 0.05) is 31.6 Å². The molecule has 1 fully saturated rings. The van der Waals surface area contributed by atoms with E-state index in [0.29, 0.717) is 24.4 Å². The van der Waals surface area contributed by atoms with Gasteiger partial charge in [0.05, 0.1) is 0 Å². The average Bonchev–Trinajstić information content (AvgIpc) is 1.99. The molecule has 2 atom stereocenters. The number of nitrogens with zero attached hydrogens (tertiary/aromatic N) is 1. The first kappa shape index (κ1) is 12.5. The molecule has 0 aromatic heterocycles. The van der Waals surface area contributed by atoms with E-state index in [-0.39, 0.29) is 5.41 Å². The van der Waals surface area contributed by atoms with E-state index in [2.05, 4.69) is 39.9 Å². The molecule has 1 saturated heterocycles. The molecular formula is C12H24N2O. The van der Waals surface area contributed by atoms with Crippen LogP contribution >= 0.6 is 0 Å². The highest BCUT2D eigenvalue weighted by atomic mass is 16.2. The van der Waals surface area contributed by atoms with Gasteiger partial charge in [-0.05, 0) is 19.3 Å². The molecule has 0 bridgehead atoms. The number of nitrogens with one attached hydrogen (secondary N) is 1. The number of carbonyl (C=O) groups excluding carboxylic acids is 1. The molecule has 3 nitrogen and oxygen atoms in total. The summed E-state index contributed by atoms with van der Waals surface area (Å²) in [6.07, 6.45) is 0.641. The zero-order valence-electron chi connectivity index (χ0n) is 10.6. The lowest BCUT2D eigenvalue weighted by molar-refractivity contribution is -0.138. The van der Waals surface area contributed by atoms with E-state index in [1.807, 2.05) is 4.90 Å². The molecule has 15 heavy (non-hydrogen) atoms. The number of piperazine rings is 1. The summed E-state index contributed by atoms with van der Waals surface area (Å²) in [6.45, 7) is 12.4. The number of hydrogen-bond donors (Lipinski definition) is 1. The van der Waals surface area contributed by atoms with Gasteiger partial charge in [0.1, 0.15) is 0 Å². The second-order valence-electron chi connectivity index (χ2n) is 5.89. The Kier molecular flexibility index (Phi) is 3.77. The van der Waals surface area contributed by atoms with Crippen LogP contribution in [0.4, 0.5) is 0 Å². The minimum atomic E-state index is 0.0847. The molecule has 1 N–H and O–H groups in total. The quantitative estimate of drug-likeness (QED) is 0.716. The van der Waals surface area contributed by atoms with Crippen molar-refractivity contribution in [1.29, 1.82) is 0 Å².